The first-order valence-corrected chi connectivity index (χ1v) is 11.3. The minimum atomic E-state index is -0.690. The monoisotopic (exact) mass is 414 g/mol. The van der Waals surface area contributed by atoms with Crippen LogP contribution in [0.4, 0.5) is 0 Å². The highest BCUT2D eigenvalue weighted by atomic mass is 16.5. The van der Waals surface area contributed by atoms with Crippen LogP contribution in [0.5, 0.6) is 0 Å². The van der Waals surface area contributed by atoms with Crippen LogP contribution in [0.3, 0.4) is 0 Å². The topological polar surface area (TPSA) is 71.2 Å². The summed E-state index contributed by atoms with van der Waals surface area (Å²) < 4.78 is 5.79. The van der Waals surface area contributed by atoms with Crippen molar-refractivity contribution in [2.75, 3.05) is 26.7 Å². The predicted octanol–water partition coefficient (Wildman–Crippen LogP) is 3.27. The number of hydrogen-bond donors (Lipinski definition) is 1. The van der Waals surface area contributed by atoms with Gasteiger partial charge in [0.1, 0.15) is 11.8 Å². The average molecular weight is 415 g/mol. The molecular formula is C24H38N4O2. The number of hydrogen-bond acceptors (Lipinski definition) is 5. The largest absolute Gasteiger partial charge is 0.369 e. The normalized spacial score (nSPS) is 24.5. The number of amides is 1. The Kier molecular flexibility index (Phi) is 7.53. The Morgan fingerprint density at radius 1 is 1.23 bits per heavy atom. The maximum absolute atomic E-state index is 12.9. The molecule has 0 bridgehead atoms. The Labute approximate surface area is 181 Å². The van der Waals surface area contributed by atoms with Crippen LogP contribution in [0.1, 0.15) is 52.0 Å². The van der Waals surface area contributed by atoms with Gasteiger partial charge in [-0.25, -0.2) is 4.99 Å². The number of guanidine groups is 1. The van der Waals surface area contributed by atoms with Crippen LogP contribution in [0.15, 0.2) is 35.3 Å². The second kappa shape index (κ2) is 9.92. The number of piperidine rings is 1. The number of carbonyl (C=O) groups excluding carboxylic acids is 1. The lowest BCUT2D eigenvalue weighted by molar-refractivity contribution is -0.131. The van der Waals surface area contributed by atoms with Gasteiger partial charge in [0.2, 0.25) is 0 Å². The van der Waals surface area contributed by atoms with Crippen LogP contribution < -0.4 is 5.73 Å². The number of carbonyl (C=O) groups is 1. The number of nitrogens with zero attached hydrogens (tertiary/aromatic N) is 3. The van der Waals surface area contributed by atoms with Crippen molar-refractivity contribution in [1.29, 1.82) is 0 Å². The maximum atomic E-state index is 12.9. The molecule has 30 heavy (non-hydrogen) atoms. The summed E-state index contributed by atoms with van der Waals surface area (Å²) in [6, 6.07) is 10.5. The summed E-state index contributed by atoms with van der Waals surface area (Å²) in [4.78, 5) is 21.6. The summed E-state index contributed by atoms with van der Waals surface area (Å²) in [5.41, 5.74) is 6.73. The predicted molar refractivity (Wildman–Crippen MR) is 121 cm³/mol. The van der Waals surface area contributed by atoms with Crippen molar-refractivity contribution in [3.63, 3.8) is 0 Å². The van der Waals surface area contributed by atoms with Gasteiger partial charge in [-0.05, 0) is 50.0 Å². The van der Waals surface area contributed by atoms with Crippen molar-refractivity contribution in [2.45, 2.75) is 64.6 Å². The summed E-state index contributed by atoms with van der Waals surface area (Å²) in [6.45, 7) is 8.87. The number of benzene rings is 1. The van der Waals surface area contributed by atoms with Gasteiger partial charge in [0.05, 0.1) is 0 Å². The summed E-state index contributed by atoms with van der Waals surface area (Å²) in [7, 11) is 1.80. The SMILES string of the molecule is COC(Cc1ccccc1)N1CCC(CCN2C(=O)C(C)(CC(C)C)N=C2N)CC1. The first-order valence-electron chi connectivity index (χ1n) is 11.3. The Morgan fingerprint density at radius 2 is 1.90 bits per heavy atom. The van der Waals surface area contributed by atoms with E-state index in [1.165, 1.54) is 5.56 Å². The van der Waals surface area contributed by atoms with Crippen LogP contribution in [0.2, 0.25) is 0 Å². The van der Waals surface area contributed by atoms with Gasteiger partial charge < -0.3 is 10.5 Å². The zero-order valence-electron chi connectivity index (χ0n) is 19.0. The highest BCUT2D eigenvalue weighted by Gasteiger charge is 2.44. The van der Waals surface area contributed by atoms with Gasteiger partial charge in [0, 0.05) is 33.2 Å². The van der Waals surface area contributed by atoms with Crippen molar-refractivity contribution in [3.8, 4) is 0 Å². The third-order valence-corrected chi connectivity index (χ3v) is 6.49. The van der Waals surface area contributed by atoms with Gasteiger partial charge in [0.15, 0.2) is 5.96 Å². The van der Waals surface area contributed by atoms with Gasteiger partial charge in [-0.2, -0.15) is 0 Å². The lowest BCUT2D eigenvalue weighted by Gasteiger charge is -2.37. The van der Waals surface area contributed by atoms with E-state index in [0.717, 1.165) is 45.2 Å². The summed E-state index contributed by atoms with van der Waals surface area (Å²) in [6.07, 6.45) is 4.98. The molecule has 0 spiro atoms. The number of nitrogens with two attached hydrogens (primary N) is 1. The van der Waals surface area contributed by atoms with Crippen LogP contribution >= 0.6 is 0 Å². The van der Waals surface area contributed by atoms with Gasteiger partial charge in [-0.3, -0.25) is 14.6 Å². The van der Waals surface area contributed by atoms with Crippen LogP contribution in [0.25, 0.3) is 0 Å². The fraction of sp³-hybridized carbons (Fsp3) is 0.667. The van der Waals surface area contributed by atoms with E-state index >= 15 is 0 Å². The molecule has 0 aliphatic carbocycles. The zero-order valence-corrected chi connectivity index (χ0v) is 19.0. The van der Waals surface area contributed by atoms with E-state index in [-0.39, 0.29) is 12.1 Å². The fourth-order valence-electron chi connectivity index (χ4n) is 4.92. The molecule has 1 fully saturated rings. The number of ether oxygens (including phenoxy) is 1. The molecule has 1 amide bonds. The standard InChI is InChI=1S/C24H38N4O2/c1-18(2)17-24(3)22(29)28(23(25)26-24)15-12-19-10-13-27(14-11-19)21(30-4)16-20-8-6-5-7-9-20/h5-9,18-19,21H,10-17H2,1-4H3,(H2,25,26). The van der Waals surface area contributed by atoms with Crippen molar-refractivity contribution in [1.82, 2.24) is 9.80 Å². The number of rotatable bonds is 9. The molecule has 6 nitrogen and oxygen atoms in total. The van der Waals surface area contributed by atoms with Gasteiger partial charge >= 0.3 is 0 Å². The van der Waals surface area contributed by atoms with Gasteiger partial charge in [-0.15, -0.1) is 0 Å². The highest BCUT2D eigenvalue weighted by Crippen LogP contribution is 2.30. The Morgan fingerprint density at radius 3 is 2.50 bits per heavy atom. The second-order valence-corrected chi connectivity index (χ2v) is 9.45. The molecule has 3 rings (SSSR count). The molecule has 2 N–H and O–H groups in total. The first kappa shape index (κ1) is 22.8. The molecule has 6 heteroatoms. The summed E-state index contributed by atoms with van der Waals surface area (Å²) in [5.74, 6) is 1.47. The minimum absolute atomic E-state index is 0.0634. The average Bonchev–Trinajstić information content (AvgIpc) is 2.93. The maximum Gasteiger partial charge on any atom is 0.257 e. The third-order valence-electron chi connectivity index (χ3n) is 6.49. The molecular weight excluding hydrogens is 376 g/mol. The fourth-order valence-corrected chi connectivity index (χ4v) is 4.92. The molecule has 166 valence electrons. The molecule has 1 saturated heterocycles. The molecule has 2 heterocycles. The zero-order chi connectivity index (χ0) is 21.7. The number of methoxy groups -OCH3 is 1. The molecule has 0 aromatic heterocycles. The lowest BCUT2D eigenvalue weighted by Crippen LogP contribution is -2.46. The minimum Gasteiger partial charge on any atom is -0.369 e. The molecule has 2 unspecified atom stereocenters. The molecule has 2 atom stereocenters. The van der Waals surface area contributed by atoms with E-state index in [0.29, 0.717) is 24.3 Å². The molecule has 1 aromatic carbocycles. The Balaban J connectivity index is 1.47. The van der Waals surface area contributed by atoms with Crippen molar-refractivity contribution in [3.05, 3.63) is 35.9 Å². The molecule has 0 radical (unpaired) electrons. The van der Waals surface area contributed by atoms with Crippen molar-refractivity contribution in [2.24, 2.45) is 22.6 Å². The summed E-state index contributed by atoms with van der Waals surface area (Å²) >= 11 is 0. The van der Waals surface area contributed by atoms with Crippen molar-refractivity contribution < 1.29 is 9.53 Å². The highest BCUT2D eigenvalue weighted by molar-refractivity contribution is 6.06. The summed E-state index contributed by atoms with van der Waals surface area (Å²) in [5, 5.41) is 0. The Hall–Kier alpha value is -1.92. The van der Waals surface area contributed by atoms with E-state index in [9.17, 15) is 4.79 Å². The van der Waals surface area contributed by atoms with E-state index in [1.807, 2.05) is 13.0 Å². The van der Waals surface area contributed by atoms with E-state index in [2.05, 4.69) is 48.0 Å². The van der Waals surface area contributed by atoms with Gasteiger partial charge in [0.25, 0.3) is 5.91 Å². The van der Waals surface area contributed by atoms with Crippen LogP contribution in [-0.2, 0) is 16.0 Å². The second-order valence-electron chi connectivity index (χ2n) is 9.45. The van der Waals surface area contributed by atoms with E-state index in [1.54, 1.807) is 12.0 Å². The molecule has 2 aliphatic rings. The van der Waals surface area contributed by atoms with E-state index < -0.39 is 5.54 Å². The van der Waals surface area contributed by atoms with Crippen LogP contribution in [-0.4, -0.2) is 60.2 Å². The van der Waals surface area contributed by atoms with Gasteiger partial charge in [-0.1, -0.05) is 44.2 Å². The molecule has 1 aromatic rings. The lowest BCUT2D eigenvalue weighted by atomic mass is 9.90. The third kappa shape index (κ3) is 5.41. The number of aliphatic imine (C=N–C) groups is 1. The smallest absolute Gasteiger partial charge is 0.257 e. The van der Waals surface area contributed by atoms with E-state index in [4.69, 9.17) is 10.5 Å². The Bertz CT molecular complexity index is 728. The van der Waals surface area contributed by atoms with Crippen LogP contribution in [0, 0.1) is 11.8 Å². The van der Waals surface area contributed by atoms with Crippen molar-refractivity contribution >= 4 is 11.9 Å². The molecule has 0 saturated carbocycles. The molecule has 2 aliphatic heterocycles. The quantitative estimate of drug-likeness (QED) is 0.673. The first-order chi connectivity index (χ1) is 14.3. The number of likely N-dealkylation sites (tertiary alicyclic amines) is 1.